The zero-order chi connectivity index (χ0) is 11.5. The molecule has 0 bridgehead atoms. The molecule has 0 aliphatic heterocycles. The molecular weight excluding hydrogens is 224 g/mol. The van der Waals surface area contributed by atoms with Gasteiger partial charge in [0, 0.05) is 5.38 Å². The number of alkyl halides is 1. The third kappa shape index (κ3) is 3.12. The third-order valence-corrected chi connectivity index (χ3v) is 4.75. The number of aliphatic hydroxyl groups is 2. The van der Waals surface area contributed by atoms with Gasteiger partial charge in [0.15, 0.2) is 0 Å². The van der Waals surface area contributed by atoms with Crippen molar-refractivity contribution in [3.05, 3.63) is 0 Å². The lowest BCUT2D eigenvalue weighted by Gasteiger charge is -2.36. The zero-order valence-electron chi connectivity index (χ0n) is 9.82. The van der Waals surface area contributed by atoms with Crippen LogP contribution < -0.4 is 0 Å². The van der Waals surface area contributed by atoms with Gasteiger partial charge in [-0.15, -0.1) is 11.6 Å². The van der Waals surface area contributed by atoms with Crippen molar-refractivity contribution in [3.63, 3.8) is 0 Å². The first kappa shape index (κ1) is 12.7. The maximum absolute atomic E-state index is 9.96. The standard InChI is InChI=1S/C13H23ClO2/c14-11-5-6-13(16)10(8-11)7-9-3-1-2-4-12(9)15/h9-13,15-16H,1-8H2. The van der Waals surface area contributed by atoms with Crippen LogP contribution in [-0.4, -0.2) is 27.8 Å². The van der Waals surface area contributed by atoms with Crippen LogP contribution in [0.2, 0.25) is 0 Å². The molecule has 16 heavy (non-hydrogen) atoms. The Morgan fingerprint density at radius 3 is 2.31 bits per heavy atom. The molecular formula is C13H23ClO2. The number of aliphatic hydroxyl groups excluding tert-OH is 2. The molecule has 0 heterocycles. The fourth-order valence-corrected chi connectivity index (χ4v) is 3.65. The molecule has 0 aromatic heterocycles. The summed E-state index contributed by atoms with van der Waals surface area (Å²) in [4.78, 5) is 0. The van der Waals surface area contributed by atoms with E-state index < -0.39 is 0 Å². The SMILES string of the molecule is OC1CCCCC1CC1CC(Cl)CCC1O. The van der Waals surface area contributed by atoms with Crippen LogP contribution in [0, 0.1) is 11.8 Å². The van der Waals surface area contributed by atoms with Gasteiger partial charge in [0.2, 0.25) is 0 Å². The summed E-state index contributed by atoms with van der Waals surface area (Å²) < 4.78 is 0. The Balaban J connectivity index is 1.86. The van der Waals surface area contributed by atoms with Crippen LogP contribution in [0.1, 0.15) is 51.4 Å². The van der Waals surface area contributed by atoms with Crippen molar-refractivity contribution in [2.24, 2.45) is 11.8 Å². The Morgan fingerprint density at radius 1 is 0.875 bits per heavy atom. The Labute approximate surface area is 103 Å². The maximum Gasteiger partial charge on any atom is 0.0569 e. The Kier molecular flexibility index (Phi) is 4.51. The van der Waals surface area contributed by atoms with Crippen molar-refractivity contribution in [3.8, 4) is 0 Å². The van der Waals surface area contributed by atoms with Crippen molar-refractivity contribution in [1.82, 2.24) is 0 Å². The molecule has 2 saturated carbocycles. The third-order valence-electron chi connectivity index (χ3n) is 4.35. The fraction of sp³-hybridized carbons (Fsp3) is 1.00. The molecule has 0 aromatic carbocycles. The summed E-state index contributed by atoms with van der Waals surface area (Å²) in [7, 11) is 0. The van der Waals surface area contributed by atoms with E-state index >= 15 is 0 Å². The molecule has 2 N–H and O–H groups in total. The van der Waals surface area contributed by atoms with Gasteiger partial charge in [-0.3, -0.25) is 0 Å². The summed E-state index contributed by atoms with van der Waals surface area (Å²) in [6, 6.07) is 0. The number of rotatable bonds is 2. The Hall–Kier alpha value is 0.210. The Morgan fingerprint density at radius 2 is 1.56 bits per heavy atom. The molecule has 0 spiro atoms. The van der Waals surface area contributed by atoms with Gasteiger partial charge in [-0.25, -0.2) is 0 Å². The highest BCUT2D eigenvalue weighted by atomic mass is 35.5. The molecule has 0 saturated heterocycles. The monoisotopic (exact) mass is 246 g/mol. The predicted molar refractivity (Wildman–Crippen MR) is 65.6 cm³/mol. The van der Waals surface area contributed by atoms with E-state index in [1.807, 2.05) is 0 Å². The summed E-state index contributed by atoms with van der Waals surface area (Å²) in [5.41, 5.74) is 0. The largest absolute Gasteiger partial charge is 0.393 e. The van der Waals surface area contributed by atoms with E-state index in [9.17, 15) is 10.2 Å². The van der Waals surface area contributed by atoms with E-state index in [4.69, 9.17) is 11.6 Å². The molecule has 2 nitrogen and oxygen atoms in total. The molecule has 5 unspecified atom stereocenters. The van der Waals surface area contributed by atoms with Crippen LogP contribution in [0.25, 0.3) is 0 Å². The second-order valence-electron chi connectivity index (χ2n) is 5.59. The minimum absolute atomic E-state index is 0.142. The highest BCUT2D eigenvalue weighted by molar-refractivity contribution is 6.20. The molecule has 2 aliphatic carbocycles. The van der Waals surface area contributed by atoms with Gasteiger partial charge >= 0.3 is 0 Å². The molecule has 3 heteroatoms. The highest BCUT2D eigenvalue weighted by Gasteiger charge is 2.33. The minimum Gasteiger partial charge on any atom is -0.393 e. The number of hydrogen-bond acceptors (Lipinski definition) is 2. The first-order valence-electron chi connectivity index (χ1n) is 6.67. The van der Waals surface area contributed by atoms with Crippen LogP contribution in [0.15, 0.2) is 0 Å². The highest BCUT2D eigenvalue weighted by Crippen LogP contribution is 2.36. The summed E-state index contributed by atoms with van der Waals surface area (Å²) >= 11 is 6.16. The molecule has 2 fully saturated rings. The van der Waals surface area contributed by atoms with Crippen LogP contribution in [0.4, 0.5) is 0 Å². The van der Waals surface area contributed by atoms with E-state index in [1.165, 1.54) is 6.42 Å². The van der Waals surface area contributed by atoms with Gasteiger partial charge in [-0.05, 0) is 50.4 Å². The normalized spacial score (nSPS) is 45.6. The van der Waals surface area contributed by atoms with Gasteiger partial charge in [0.1, 0.15) is 0 Å². The van der Waals surface area contributed by atoms with Gasteiger partial charge < -0.3 is 10.2 Å². The summed E-state index contributed by atoms with van der Waals surface area (Å²) in [5, 5.41) is 20.1. The quantitative estimate of drug-likeness (QED) is 0.736. The van der Waals surface area contributed by atoms with Crippen molar-refractivity contribution in [2.45, 2.75) is 69.0 Å². The summed E-state index contributed by atoms with van der Waals surface area (Å²) in [6.07, 6.45) is 7.78. The number of halogens is 1. The van der Waals surface area contributed by atoms with E-state index in [0.29, 0.717) is 11.8 Å². The van der Waals surface area contributed by atoms with E-state index in [1.54, 1.807) is 0 Å². The molecule has 2 aliphatic rings. The van der Waals surface area contributed by atoms with Gasteiger partial charge in [-0.1, -0.05) is 12.8 Å². The number of hydrogen-bond donors (Lipinski definition) is 2. The van der Waals surface area contributed by atoms with Gasteiger partial charge in [0.25, 0.3) is 0 Å². The molecule has 0 radical (unpaired) electrons. The second kappa shape index (κ2) is 5.70. The molecule has 2 rings (SSSR count). The van der Waals surface area contributed by atoms with Crippen LogP contribution >= 0.6 is 11.6 Å². The second-order valence-corrected chi connectivity index (χ2v) is 6.20. The van der Waals surface area contributed by atoms with E-state index in [0.717, 1.165) is 44.9 Å². The first-order valence-corrected chi connectivity index (χ1v) is 7.10. The molecule has 94 valence electrons. The lowest BCUT2D eigenvalue weighted by atomic mass is 9.75. The van der Waals surface area contributed by atoms with Gasteiger partial charge in [-0.2, -0.15) is 0 Å². The Bertz CT molecular complexity index is 222. The minimum atomic E-state index is -0.191. The van der Waals surface area contributed by atoms with Crippen molar-refractivity contribution in [1.29, 1.82) is 0 Å². The molecule has 0 aromatic rings. The van der Waals surface area contributed by atoms with Crippen LogP contribution in [-0.2, 0) is 0 Å². The summed E-state index contributed by atoms with van der Waals surface area (Å²) in [6.45, 7) is 0. The fourth-order valence-electron chi connectivity index (χ4n) is 3.30. The maximum atomic E-state index is 9.96. The topological polar surface area (TPSA) is 40.5 Å². The zero-order valence-corrected chi connectivity index (χ0v) is 10.6. The average Bonchev–Trinajstić information content (AvgIpc) is 2.27. The lowest BCUT2D eigenvalue weighted by Crippen LogP contribution is -2.34. The summed E-state index contributed by atoms with van der Waals surface area (Å²) in [5.74, 6) is 0.712. The van der Waals surface area contributed by atoms with E-state index in [-0.39, 0.29) is 17.6 Å². The van der Waals surface area contributed by atoms with Crippen molar-refractivity contribution in [2.75, 3.05) is 0 Å². The average molecular weight is 247 g/mol. The predicted octanol–water partition coefficient (Wildman–Crippen LogP) is 2.70. The van der Waals surface area contributed by atoms with Crippen LogP contribution in [0.5, 0.6) is 0 Å². The first-order chi connectivity index (χ1) is 7.66. The van der Waals surface area contributed by atoms with Crippen molar-refractivity contribution >= 4 is 11.6 Å². The van der Waals surface area contributed by atoms with E-state index in [2.05, 4.69) is 0 Å². The molecule has 0 amide bonds. The van der Waals surface area contributed by atoms with Gasteiger partial charge in [0.05, 0.1) is 12.2 Å². The van der Waals surface area contributed by atoms with Crippen molar-refractivity contribution < 1.29 is 10.2 Å². The molecule has 5 atom stereocenters. The van der Waals surface area contributed by atoms with Crippen LogP contribution in [0.3, 0.4) is 0 Å². The lowest BCUT2D eigenvalue weighted by molar-refractivity contribution is 0.0145. The smallest absolute Gasteiger partial charge is 0.0569 e.